The summed E-state index contributed by atoms with van der Waals surface area (Å²) in [4.78, 5) is 59.3. The number of nitrogens with one attached hydrogen (secondary N) is 1. The number of urea groups is 1. The maximum absolute atomic E-state index is 14.1. The van der Waals surface area contributed by atoms with Crippen molar-refractivity contribution in [3.63, 3.8) is 0 Å². The fraction of sp³-hybridized carbons (Fsp3) is 0.500. The van der Waals surface area contributed by atoms with Gasteiger partial charge in [-0.25, -0.2) is 22.9 Å². The van der Waals surface area contributed by atoms with Crippen molar-refractivity contribution in [2.24, 2.45) is 0 Å². The van der Waals surface area contributed by atoms with Gasteiger partial charge in [-0.05, 0) is 13.0 Å². The van der Waals surface area contributed by atoms with Gasteiger partial charge in [0.15, 0.2) is 17.4 Å². The summed E-state index contributed by atoms with van der Waals surface area (Å²) in [5.41, 5.74) is -3.41. The Morgan fingerprint density at radius 2 is 1.86 bits per heavy atom. The number of hydrogen-bond acceptors (Lipinski definition) is 11. The van der Waals surface area contributed by atoms with Gasteiger partial charge in [0.05, 0.1) is 6.61 Å². The minimum absolute atomic E-state index is 0.0373. The summed E-state index contributed by atoms with van der Waals surface area (Å²) in [5.74, 6) is 0. The number of ether oxygens (including phenoxy) is 1. The molecule has 6 atom stereocenters. The van der Waals surface area contributed by atoms with Crippen LogP contribution in [0.4, 0.5) is 9.18 Å². The third kappa shape index (κ3) is 7.95. The van der Waals surface area contributed by atoms with Gasteiger partial charge in [0, 0.05) is 6.20 Å². The van der Waals surface area contributed by atoms with E-state index in [1.807, 2.05) is 0 Å². The first kappa shape index (κ1) is 31.4. The van der Waals surface area contributed by atoms with Crippen LogP contribution in [0.15, 0.2) is 30.7 Å². The summed E-state index contributed by atoms with van der Waals surface area (Å²) in [6, 6.07) is -1.23. The molecule has 1 aliphatic rings. The standard InChI is InChI=1S/C14H22FN2O15P3/c1-3-5-14(21)10(19)13(7-15,30-11(14)17(6-4-2)12(20)16-9-18)8-29-34(25,26)32-35(27,28)31-33(22,23)24/h4-6,9-11,19,21H,1,7-8H2,2H3,(H,25,26)(H,27,28)(H,16,18,20)(H2,22,23,24)/b6-4-/t10-,11-,13-,14-/m1/s1. The summed E-state index contributed by atoms with van der Waals surface area (Å²) in [5, 5.41) is 23.4. The number of nitrogens with zero attached hydrogens (tertiary/aromatic N) is 1. The van der Waals surface area contributed by atoms with Crippen molar-refractivity contribution in [2.75, 3.05) is 13.3 Å². The first-order chi connectivity index (χ1) is 15.9. The Labute approximate surface area is 196 Å². The van der Waals surface area contributed by atoms with E-state index < -0.39 is 66.3 Å². The van der Waals surface area contributed by atoms with Crippen LogP contribution in [-0.4, -0.2) is 83.9 Å². The average molecular weight is 570 g/mol. The Balaban J connectivity index is 3.34. The predicted octanol–water partition coefficient (Wildman–Crippen LogP) is -0.471. The average Bonchev–Trinajstić information content (AvgIpc) is 2.90. The summed E-state index contributed by atoms with van der Waals surface area (Å²) in [6.45, 7) is 1.28. The van der Waals surface area contributed by atoms with Crippen LogP contribution in [0.2, 0.25) is 0 Å². The van der Waals surface area contributed by atoms with Gasteiger partial charge >= 0.3 is 29.5 Å². The van der Waals surface area contributed by atoms with Crippen LogP contribution in [-0.2, 0) is 36.4 Å². The molecule has 0 aromatic heterocycles. The molecule has 0 saturated carbocycles. The third-order valence-electron chi connectivity index (χ3n) is 4.10. The van der Waals surface area contributed by atoms with Crippen LogP contribution < -0.4 is 5.32 Å². The molecule has 2 unspecified atom stereocenters. The highest BCUT2D eigenvalue weighted by Gasteiger charge is 2.65. The lowest BCUT2D eigenvalue weighted by molar-refractivity contribution is -0.140. The summed E-state index contributed by atoms with van der Waals surface area (Å²) in [6.07, 6.45) is -1.65. The minimum atomic E-state index is -5.91. The summed E-state index contributed by atoms with van der Waals surface area (Å²) in [7, 11) is -17.4. The van der Waals surface area contributed by atoms with Crippen molar-refractivity contribution in [3.8, 4) is 0 Å². The highest BCUT2D eigenvalue weighted by molar-refractivity contribution is 7.66. The van der Waals surface area contributed by atoms with Crippen molar-refractivity contribution in [2.45, 2.75) is 30.5 Å². The molecule has 3 amide bonds. The Hall–Kier alpha value is -1.58. The van der Waals surface area contributed by atoms with E-state index in [0.29, 0.717) is 11.0 Å². The molecule has 0 spiro atoms. The number of imide groups is 1. The minimum Gasteiger partial charge on any atom is -0.386 e. The van der Waals surface area contributed by atoms with Crippen molar-refractivity contribution >= 4 is 35.9 Å². The zero-order chi connectivity index (χ0) is 27.3. The molecule has 7 N–H and O–H groups in total. The first-order valence-electron chi connectivity index (χ1n) is 8.87. The SMILES string of the molecule is C=C=C[C@@]1(O)[C@H](O)[C@@](CF)(COP(=O)(O)OP(=O)(O)OP(=O)(O)O)O[C@H]1N(/C=C\C)C(=O)NC=O. The molecule has 17 nitrogen and oxygen atoms in total. The van der Waals surface area contributed by atoms with Gasteiger partial charge in [0.25, 0.3) is 0 Å². The molecular weight excluding hydrogens is 548 g/mol. The van der Waals surface area contributed by atoms with Crippen molar-refractivity contribution < 1.29 is 75.3 Å². The number of phosphoric acid groups is 3. The second-order valence-electron chi connectivity index (χ2n) is 6.63. The fourth-order valence-electron chi connectivity index (χ4n) is 2.82. The molecule has 200 valence electrons. The Bertz CT molecular complexity index is 1030. The van der Waals surface area contributed by atoms with E-state index in [1.165, 1.54) is 13.0 Å². The van der Waals surface area contributed by atoms with Crippen molar-refractivity contribution in [1.29, 1.82) is 0 Å². The van der Waals surface area contributed by atoms with E-state index in [4.69, 9.17) is 14.5 Å². The van der Waals surface area contributed by atoms with Gasteiger partial charge in [0.2, 0.25) is 6.41 Å². The van der Waals surface area contributed by atoms with Gasteiger partial charge in [-0.1, -0.05) is 12.7 Å². The number of hydrogen-bond donors (Lipinski definition) is 7. The summed E-state index contributed by atoms with van der Waals surface area (Å²) >= 11 is 0. The van der Waals surface area contributed by atoms with E-state index in [2.05, 4.69) is 25.5 Å². The number of carbonyl (C=O) groups excluding carboxylic acids is 2. The van der Waals surface area contributed by atoms with Gasteiger partial charge in [-0.3, -0.25) is 19.5 Å². The number of halogens is 1. The smallest absolute Gasteiger partial charge is 0.386 e. The van der Waals surface area contributed by atoms with E-state index in [9.17, 15) is 47.7 Å². The number of aliphatic hydroxyl groups is 2. The van der Waals surface area contributed by atoms with E-state index in [1.54, 1.807) is 5.32 Å². The lowest BCUT2D eigenvalue weighted by Crippen LogP contribution is -2.57. The zero-order valence-corrected chi connectivity index (χ0v) is 20.3. The maximum atomic E-state index is 14.1. The lowest BCUT2D eigenvalue weighted by atomic mass is 9.86. The Kier molecular flexibility index (Phi) is 10.5. The van der Waals surface area contributed by atoms with Crippen LogP contribution in [0.1, 0.15) is 6.92 Å². The lowest BCUT2D eigenvalue weighted by Gasteiger charge is -2.33. The largest absolute Gasteiger partial charge is 0.490 e. The number of aliphatic hydroxyl groups excluding tert-OH is 1. The number of phosphoric ester groups is 1. The number of carbonyl (C=O) groups is 2. The van der Waals surface area contributed by atoms with Crippen LogP contribution >= 0.6 is 23.5 Å². The molecule has 1 heterocycles. The highest BCUT2D eigenvalue weighted by Crippen LogP contribution is 2.66. The molecule has 1 aliphatic heterocycles. The zero-order valence-electron chi connectivity index (χ0n) is 17.6. The Morgan fingerprint density at radius 1 is 1.26 bits per heavy atom. The van der Waals surface area contributed by atoms with E-state index in [0.717, 1.165) is 6.20 Å². The van der Waals surface area contributed by atoms with E-state index >= 15 is 0 Å². The molecule has 35 heavy (non-hydrogen) atoms. The second kappa shape index (κ2) is 11.6. The van der Waals surface area contributed by atoms with Crippen molar-refractivity contribution in [1.82, 2.24) is 10.2 Å². The first-order valence-corrected chi connectivity index (χ1v) is 13.4. The van der Waals surface area contributed by atoms with Gasteiger partial charge in [-0.15, -0.1) is 5.73 Å². The molecule has 0 radical (unpaired) electrons. The van der Waals surface area contributed by atoms with Gasteiger partial charge in [0.1, 0.15) is 12.8 Å². The molecular formula is C14H22FN2O15P3. The number of amides is 3. The number of alkyl halides is 1. The normalized spacial score (nSPS) is 30.2. The molecule has 1 saturated heterocycles. The van der Waals surface area contributed by atoms with Crippen LogP contribution in [0.3, 0.4) is 0 Å². The molecule has 1 fully saturated rings. The number of allylic oxidation sites excluding steroid dienone is 1. The number of rotatable bonds is 12. The van der Waals surface area contributed by atoms with Crippen LogP contribution in [0.25, 0.3) is 0 Å². The molecule has 0 bridgehead atoms. The van der Waals surface area contributed by atoms with E-state index in [-0.39, 0.29) is 6.41 Å². The molecule has 21 heteroatoms. The van der Waals surface area contributed by atoms with Crippen molar-refractivity contribution in [3.05, 3.63) is 30.7 Å². The predicted molar refractivity (Wildman–Crippen MR) is 109 cm³/mol. The van der Waals surface area contributed by atoms with Gasteiger partial charge in [-0.2, -0.15) is 8.62 Å². The monoisotopic (exact) mass is 570 g/mol. The maximum Gasteiger partial charge on any atom is 0.490 e. The highest BCUT2D eigenvalue weighted by atomic mass is 31.3. The molecule has 1 rings (SSSR count). The van der Waals surface area contributed by atoms with Gasteiger partial charge < -0.3 is 34.5 Å². The summed E-state index contributed by atoms with van der Waals surface area (Å²) < 4.78 is 64.9. The third-order valence-corrected chi connectivity index (χ3v) is 7.89. The molecule has 0 aromatic carbocycles. The quantitative estimate of drug-likeness (QED) is 0.0889. The van der Waals surface area contributed by atoms with Crippen LogP contribution in [0, 0.1) is 0 Å². The molecule has 0 aliphatic carbocycles. The molecule has 0 aromatic rings. The Morgan fingerprint density at radius 3 is 2.31 bits per heavy atom. The topological polar surface area (TPSA) is 259 Å². The van der Waals surface area contributed by atoms with Crippen LogP contribution in [0.5, 0.6) is 0 Å². The fourth-order valence-corrected chi connectivity index (χ4v) is 5.90. The second-order valence-corrected chi connectivity index (χ2v) is 11.0.